The number of rotatable bonds is 3. The van der Waals surface area contributed by atoms with Crippen LogP contribution in [0.25, 0.3) is 0 Å². The van der Waals surface area contributed by atoms with Gasteiger partial charge in [0.05, 0.1) is 13.2 Å². The van der Waals surface area contributed by atoms with Crippen LogP contribution in [-0.2, 0) is 19.1 Å². The molecule has 0 radical (unpaired) electrons. The third-order valence-corrected chi connectivity index (χ3v) is 5.76. The Labute approximate surface area is 164 Å². The lowest BCUT2D eigenvalue weighted by molar-refractivity contribution is -0.155. The maximum atomic E-state index is 13.4. The molecule has 28 heavy (non-hydrogen) atoms. The Morgan fingerprint density at radius 1 is 1.11 bits per heavy atom. The van der Waals surface area contributed by atoms with Gasteiger partial charge in [0.25, 0.3) is 0 Å². The zero-order valence-electron chi connectivity index (χ0n) is 16.0. The predicted octanol–water partition coefficient (Wildman–Crippen LogP) is -0.382. The summed E-state index contributed by atoms with van der Waals surface area (Å²) in [5.41, 5.74) is 0.906. The number of hydrogen-bond donors (Lipinski definition) is 1. The molecule has 3 saturated heterocycles. The largest absolute Gasteiger partial charge is 0.378 e. The molecule has 4 rings (SSSR count). The fourth-order valence-electron chi connectivity index (χ4n) is 4.25. The Morgan fingerprint density at radius 2 is 1.82 bits per heavy atom. The van der Waals surface area contributed by atoms with Gasteiger partial charge >= 0.3 is 0 Å². The second kappa shape index (κ2) is 7.89. The normalized spacial score (nSPS) is 27.2. The smallest absolute Gasteiger partial charge is 0.245 e. The van der Waals surface area contributed by atoms with Crippen molar-refractivity contribution in [3.8, 4) is 0 Å². The van der Waals surface area contributed by atoms with Gasteiger partial charge in [-0.05, 0) is 12.5 Å². The van der Waals surface area contributed by atoms with Gasteiger partial charge in [-0.1, -0.05) is 30.3 Å². The molecular formula is C20H26N4O4. The molecule has 3 amide bonds. The number of carbonyl (C=O) groups excluding carboxylic acids is 3. The first kappa shape index (κ1) is 18.9. The minimum Gasteiger partial charge on any atom is -0.378 e. The summed E-state index contributed by atoms with van der Waals surface area (Å²) >= 11 is 0. The van der Waals surface area contributed by atoms with E-state index in [4.69, 9.17) is 4.74 Å². The van der Waals surface area contributed by atoms with E-state index >= 15 is 0 Å². The Bertz CT molecular complexity index is 750. The topological polar surface area (TPSA) is 82.2 Å². The zero-order valence-corrected chi connectivity index (χ0v) is 16.0. The molecule has 8 nitrogen and oxygen atoms in total. The molecule has 3 fully saturated rings. The summed E-state index contributed by atoms with van der Waals surface area (Å²) in [6, 6.07) is 8.15. The Kier molecular flexibility index (Phi) is 5.32. The average Bonchev–Trinajstić information content (AvgIpc) is 2.73. The molecule has 3 atom stereocenters. The van der Waals surface area contributed by atoms with Crippen molar-refractivity contribution in [3.05, 3.63) is 35.9 Å². The molecule has 0 aliphatic carbocycles. The number of morpholine rings is 1. The van der Waals surface area contributed by atoms with Crippen molar-refractivity contribution in [1.82, 2.24) is 20.0 Å². The standard InChI is InChI=1S/C20H26N4O4/c1-14-19(26)24-8-7-23(13-16(24)18(25)21-14)17(15-5-3-2-4-6-15)20(27)22-9-11-28-12-10-22/h2-6,14,16-17H,7-13H2,1H3,(H,21,25)/t14-,16+,17?/m0/s1. The highest BCUT2D eigenvalue weighted by molar-refractivity contribution is 5.97. The van der Waals surface area contributed by atoms with Crippen molar-refractivity contribution in [2.24, 2.45) is 0 Å². The van der Waals surface area contributed by atoms with Crippen molar-refractivity contribution in [2.75, 3.05) is 45.9 Å². The maximum absolute atomic E-state index is 13.4. The van der Waals surface area contributed by atoms with Crippen LogP contribution in [0, 0.1) is 0 Å². The van der Waals surface area contributed by atoms with Gasteiger partial charge < -0.3 is 19.9 Å². The van der Waals surface area contributed by atoms with Crippen LogP contribution in [0.4, 0.5) is 0 Å². The van der Waals surface area contributed by atoms with Gasteiger partial charge in [0.1, 0.15) is 18.1 Å². The SMILES string of the molecule is C[C@@H]1NC(=O)[C@H]2CN(C(C(=O)N3CCOCC3)c3ccccc3)CCN2C1=O. The van der Waals surface area contributed by atoms with Crippen molar-refractivity contribution in [3.63, 3.8) is 0 Å². The second-order valence-corrected chi connectivity index (χ2v) is 7.52. The quantitative estimate of drug-likeness (QED) is 0.766. The molecule has 1 unspecified atom stereocenters. The molecule has 150 valence electrons. The number of hydrogen-bond acceptors (Lipinski definition) is 5. The fraction of sp³-hybridized carbons (Fsp3) is 0.550. The first-order chi connectivity index (χ1) is 13.6. The molecule has 3 heterocycles. The fourth-order valence-corrected chi connectivity index (χ4v) is 4.25. The highest BCUT2D eigenvalue weighted by Gasteiger charge is 2.44. The molecule has 0 saturated carbocycles. The third kappa shape index (κ3) is 3.49. The van der Waals surface area contributed by atoms with Gasteiger partial charge in [-0.2, -0.15) is 0 Å². The predicted molar refractivity (Wildman–Crippen MR) is 101 cm³/mol. The van der Waals surface area contributed by atoms with Crippen molar-refractivity contribution >= 4 is 17.7 Å². The summed E-state index contributed by atoms with van der Waals surface area (Å²) in [5, 5.41) is 2.75. The number of fused-ring (bicyclic) bond motifs is 1. The molecule has 3 aliphatic heterocycles. The van der Waals surface area contributed by atoms with Crippen molar-refractivity contribution in [1.29, 1.82) is 0 Å². The first-order valence-electron chi connectivity index (χ1n) is 9.82. The number of carbonyl (C=O) groups is 3. The molecule has 1 aromatic rings. The molecular weight excluding hydrogens is 360 g/mol. The van der Waals surface area contributed by atoms with Gasteiger partial charge in [-0.15, -0.1) is 0 Å². The number of ether oxygens (including phenoxy) is 1. The Balaban J connectivity index is 1.59. The minimum absolute atomic E-state index is 0.0267. The van der Waals surface area contributed by atoms with Crippen LogP contribution in [-0.4, -0.2) is 90.4 Å². The van der Waals surface area contributed by atoms with Gasteiger partial charge in [-0.3, -0.25) is 19.3 Å². The van der Waals surface area contributed by atoms with E-state index in [2.05, 4.69) is 5.32 Å². The van der Waals surface area contributed by atoms with Crippen LogP contribution in [0.5, 0.6) is 0 Å². The van der Waals surface area contributed by atoms with Crippen LogP contribution < -0.4 is 5.32 Å². The first-order valence-corrected chi connectivity index (χ1v) is 9.82. The summed E-state index contributed by atoms with van der Waals surface area (Å²) < 4.78 is 5.38. The molecule has 8 heteroatoms. The summed E-state index contributed by atoms with van der Waals surface area (Å²) in [6.45, 7) is 5.28. The van der Waals surface area contributed by atoms with Gasteiger partial charge in [0, 0.05) is 32.7 Å². The number of nitrogens with zero attached hydrogens (tertiary/aromatic N) is 3. The van der Waals surface area contributed by atoms with E-state index in [0.717, 1.165) is 5.56 Å². The van der Waals surface area contributed by atoms with E-state index in [1.165, 1.54) is 0 Å². The Hall–Kier alpha value is -2.45. The van der Waals surface area contributed by atoms with Crippen LogP contribution in [0.15, 0.2) is 30.3 Å². The number of amides is 3. The van der Waals surface area contributed by atoms with E-state index in [1.54, 1.807) is 11.8 Å². The van der Waals surface area contributed by atoms with Gasteiger partial charge in [-0.25, -0.2) is 0 Å². The van der Waals surface area contributed by atoms with Crippen molar-refractivity contribution < 1.29 is 19.1 Å². The number of piperazine rings is 2. The molecule has 3 aliphatic rings. The number of nitrogens with one attached hydrogen (secondary N) is 1. The van der Waals surface area contributed by atoms with E-state index in [0.29, 0.717) is 45.9 Å². The van der Waals surface area contributed by atoms with Crippen LogP contribution in [0.1, 0.15) is 18.5 Å². The molecule has 0 aromatic heterocycles. The lowest BCUT2D eigenvalue weighted by Crippen LogP contribution is -2.69. The highest BCUT2D eigenvalue weighted by atomic mass is 16.5. The van der Waals surface area contributed by atoms with Crippen LogP contribution >= 0.6 is 0 Å². The molecule has 0 spiro atoms. The summed E-state index contributed by atoms with van der Waals surface area (Å²) in [7, 11) is 0. The third-order valence-electron chi connectivity index (χ3n) is 5.76. The lowest BCUT2D eigenvalue weighted by atomic mass is 9.98. The lowest BCUT2D eigenvalue weighted by Gasteiger charge is -2.47. The summed E-state index contributed by atoms with van der Waals surface area (Å²) in [4.78, 5) is 43.9. The average molecular weight is 386 g/mol. The molecule has 1 aromatic carbocycles. The minimum atomic E-state index is -0.554. The van der Waals surface area contributed by atoms with E-state index < -0.39 is 18.1 Å². The van der Waals surface area contributed by atoms with Crippen molar-refractivity contribution in [2.45, 2.75) is 25.0 Å². The van der Waals surface area contributed by atoms with Gasteiger partial charge in [0.2, 0.25) is 17.7 Å². The van der Waals surface area contributed by atoms with Crippen LogP contribution in [0.2, 0.25) is 0 Å². The highest BCUT2D eigenvalue weighted by Crippen LogP contribution is 2.28. The summed E-state index contributed by atoms with van der Waals surface area (Å²) in [6.07, 6.45) is 0. The van der Waals surface area contributed by atoms with E-state index in [1.807, 2.05) is 40.1 Å². The van der Waals surface area contributed by atoms with E-state index in [-0.39, 0.29) is 17.7 Å². The number of benzene rings is 1. The molecule has 0 bridgehead atoms. The maximum Gasteiger partial charge on any atom is 0.245 e. The zero-order chi connectivity index (χ0) is 19.7. The monoisotopic (exact) mass is 386 g/mol. The van der Waals surface area contributed by atoms with Gasteiger partial charge in [0.15, 0.2) is 0 Å². The Morgan fingerprint density at radius 3 is 2.54 bits per heavy atom. The van der Waals surface area contributed by atoms with E-state index in [9.17, 15) is 14.4 Å². The second-order valence-electron chi connectivity index (χ2n) is 7.52. The summed E-state index contributed by atoms with van der Waals surface area (Å²) in [5.74, 6) is -0.179. The van der Waals surface area contributed by atoms with Crippen LogP contribution in [0.3, 0.4) is 0 Å². The molecule has 1 N–H and O–H groups in total.